The van der Waals surface area contributed by atoms with E-state index in [1.165, 1.54) is 4.90 Å². The Kier molecular flexibility index (Phi) is 13.1. The fraction of sp³-hybridized carbons (Fsp3) is 0.500. The maximum atomic E-state index is 9.43. The van der Waals surface area contributed by atoms with Crippen LogP contribution in [0.25, 0.3) is 0 Å². The predicted octanol–water partition coefficient (Wildman–Crippen LogP) is 0.722. The van der Waals surface area contributed by atoms with Gasteiger partial charge in [-0.25, -0.2) is 0 Å². The van der Waals surface area contributed by atoms with Gasteiger partial charge in [-0.15, -0.1) is 0 Å². The van der Waals surface area contributed by atoms with Crippen LogP contribution in [0.2, 0.25) is 0 Å². The highest BCUT2D eigenvalue weighted by molar-refractivity contribution is 7.93. The molecule has 2 nitrogen and oxygen atoms in total. The Bertz CT molecular complexity index is 86.0. The molecule has 0 spiro atoms. The number of carbonyl (C=O) groups excluding carboxylic acids is 1. The van der Waals surface area contributed by atoms with Crippen molar-refractivity contribution < 1.29 is 4.79 Å². The Morgan fingerprint density at radius 1 is 1.50 bits per heavy atom. The molecule has 0 aromatic carbocycles. The first-order valence-electron chi connectivity index (χ1n) is 1.80. The molecule has 0 fully saturated rings. The molecule has 0 bridgehead atoms. The molecule has 8 heavy (non-hydrogen) atoms. The van der Waals surface area contributed by atoms with Gasteiger partial charge in [0.25, 0.3) is 0 Å². The first-order valence-corrected chi connectivity index (χ1v) is 2.61. The first kappa shape index (κ1) is 10.6. The summed E-state index contributed by atoms with van der Waals surface area (Å²) in [4.78, 5) is 10.9. The van der Waals surface area contributed by atoms with Crippen LogP contribution in [0.1, 0.15) is 0 Å². The lowest BCUT2D eigenvalue weighted by Gasteiger charge is -1.93. The lowest BCUT2D eigenvalue weighted by molar-refractivity contribution is -0.115. The molecule has 0 aliphatic heterocycles. The van der Waals surface area contributed by atoms with Crippen LogP contribution < -0.4 is 0 Å². The number of nitrogens with zero attached hydrogens (tertiary/aromatic N) is 1. The lowest BCUT2D eigenvalue weighted by Crippen LogP contribution is -2.06. The molecule has 0 aliphatic rings. The van der Waals surface area contributed by atoms with E-state index in [0.29, 0.717) is 0 Å². The minimum absolute atomic E-state index is 0.750. The monoisotopic (exact) mass is 149 g/mol. The minimum Gasteiger partial charge on any atom is -0.351 e. The third-order valence-corrected chi connectivity index (χ3v) is 0.211. The van der Waals surface area contributed by atoms with E-state index in [2.05, 4.69) is 24.4 Å². The second kappa shape index (κ2) is 9.85. The molecule has 0 rings (SSSR count). The average molecular weight is 149 g/mol. The van der Waals surface area contributed by atoms with E-state index in [4.69, 9.17) is 0 Å². The number of hydrogen-bond acceptors (Lipinski definition) is 3. The molecule has 0 aliphatic carbocycles. The zero-order valence-corrected chi connectivity index (χ0v) is 6.38. The van der Waals surface area contributed by atoms with Gasteiger partial charge < -0.3 is 4.90 Å². The van der Waals surface area contributed by atoms with Crippen molar-refractivity contribution in [2.24, 2.45) is 0 Å². The van der Waals surface area contributed by atoms with E-state index in [9.17, 15) is 4.79 Å². The van der Waals surface area contributed by atoms with Gasteiger partial charge in [-0.3, -0.25) is 4.79 Å². The maximum absolute atomic E-state index is 9.43. The van der Waals surface area contributed by atoms with E-state index in [-0.39, 0.29) is 0 Å². The van der Waals surface area contributed by atoms with E-state index in [1.807, 2.05) is 4.31 Å². The first-order chi connectivity index (χ1) is 3.68. The van der Waals surface area contributed by atoms with Gasteiger partial charge in [-0.1, -0.05) is 0 Å². The Morgan fingerprint density at radius 2 is 1.62 bits per heavy atom. The highest BCUT2D eigenvalue weighted by Gasteiger charge is 1.68. The summed E-state index contributed by atoms with van der Waals surface area (Å²) in [5.74, 6) is 0. The van der Waals surface area contributed by atoms with Crippen molar-refractivity contribution in [3.8, 4) is 0 Å². The van der Waals surface area contributed by atoms with Crippen molar-refractivity contribution in [3.05, 3.63) is 0 Å². The maximum Gasteiger partial charge on any atom is 0.209 e. The fourth-order valence-corrected chi connectivity index (χ4v) is 0. The Hall–Kier alpha value is -0.310. The Morgan fingerprint density at radius 3 is 1.62 bits per heavy atom. The van der Waals surface area contributed by atoms with Gasteiger partial charge in [0, 0.05) is 18.4 Å². The summed E-state index contributed by atoms with van der Waals surface area (Å²) >= 11 is 7.92. The minimum atomic E-state index is 0.750. The summed E-state index contributed by atoms with van der Waals surface area (Å²) in [5, 5.41) is 0. The molecule has 0 atom stereocenters. The van der Waals surface area contributed by atoms with E-state index >= 15 is 0 Å². The number of carbonyl (C=O) groups is 1. The summed E-state index contributed by atoms with van der Waals surface area (Å²) in [6.07, 6.45) is 0.750. The average Bonchev–Trinajstić information content (AvgIpc) is 1.69. The van der Waals surface area contributed by atoms with E-state index in [0.717, 1.165) is 6.41 Å². The molecule has 0 saturated carbocycles. The van der Waals surface area contributed by atoms with Gasteiger partial charge in [0.15, 0.2) is 0 Å². The zero-order chi connectivity index (χ0) is 6.99. The van der Waals surface area contributed by atoms with Crippen LogP contribution in [0.15, 0.2) is 0 Å². The SMILES string of the molecule is CN(C)C=O.S=C=S. The summed E-state index contributed by atoms with van der Waals surface area (Å²) in [6, 6.07) is 0. The molecule has 0 saturated heterocycles. The molecule has 0 heterocycles. The van der Waals surface area contributed by atoms with Gasteiger partial charge >= 0.3 is 0 Å². The van der Waals surface area contributed by atoms with Gasteiger partial charge in [0.05, 0.1) is 0 Å². The number of thiocarbonyl (C=S) groups is 2. The van der Waals surface area contributed by atoms with Gasteiger partial charge in [-0.2, -0.15) is 0 Å². The standard InChI is InChI=1S/C3H7NO.CS2/c1-4(2)3-5;2-1-3/h3H,1-2H3;. The number of hydrogen-bond donors (Lipinski definition) is 0. The van der Waals surface area contributed by atoms with Crippen LogP contribution >= 0.6 is 24.4 Å². The molecular weight excluding hydrogens is 142 g/mol. The van der Waals surface area contributed by atoms with Crippen molar-refractivity contribution in [3.63, 3.8) is 0 Å². The molecule has 4 heteroatoms. The topological polar surface area (TPSA) is 20.3 Å². The summed E-state index contributed by atoms with van der Waals surface area (Å²) in [5.41, 5.74) is 0. The molecule has 46 valence electrons. The third kappa shape index (κ3) is 43.8. The van der Waals surface area contributed by atoms with Crippen LogP contribution in [-0.2, 0) is 4.79 Å². The molecule has 0 radical (unpaired) electrons. The third-order valence-electron chi connectivity index (χ3n) is 0.211. The van der Waals surface area contributed by atoms with Crippen molar-refractivity contribution >= 4 is 35.2 Å². The highest BCUT2D eigenvalue weighted by atomic mass is 32.1. The molecule has 0 aromatic heterocycles. The van der Waals surface area contributed by atoms with E-state index in [1.54, 1.807) is 14.1 Å². The number of rotatable bonds is 1. The molecule has 1 amide bonds. The van der Waals surface area contributed by atoms with Crippen molar-refractivity contribution in [1.82, 2.24) is 4.90 Å². The quantitative estimate of drug-likeness (QED) is 0.405. The lowest BCUT2D eigenvalue weighted by atomic mass is 11.0. The molecule has 0 N–H and O–H groups in total. The van der Waals surface area contributed by atoms with Crippen molar-refractivity contribution in [2.75, 3.05) is 14.1 Å². The largest absolute Gasteiger partial charge is 0.351 e. The Labute approximate surface area is 59.5 Å². The highest BCUT2D eigenvalue weighted by Crippen LogP contribution is 1.52. The van der Waals surface area contributed by atoms with Crippen molar-refractivity contribution in [1.29, 1.82) is 0 Å². The fourth-order valence-electron chi connectivity index (χ4n) is 0. The van der Waals surface area contributed by atoms with Crippen LogP contribution in [0, 0.1) is 0 Å². The summed E-state index contributed by atoms with van der Waals surface area (Å²) in [6.45, 7) is 0. The van der Waals surface area contributed by atoms with Crippen molar-refractivity contribution in [2.45, 2.75) is 0 Å². The summed E-state index contributed by atoms with van der Waals surface area (Å²) in [7, 11) is 3.38. The van der Waals surface area contributed by atoms with Gasteiger partial charge in [-0.05, 0) is 24.4 Å². The Balaban J connectivity index is 0. The van der Waals surface area contributed by atoms with Crippen LogP contribution in [0.4, 0.5) is 0 Å². The number of amides is 1. The van der Waals surface area contributed by atoms with E-state index < -0.39 is 0 Å². The molecule has 0 unspecified atom stereocenters. The predicted molar refractivity (Wildman–Crippen MR) is 39.9 cm³/mol. The van der Waals surface area contributed by atoms with Crippen LogP contribution in [-0.4, -0.2) is 29.7 Å². The van der Waals surface area contributed by atoms with Crippen LogP contribution in [0.5, 0.6) is 0 Å². The normalized spacial score (nSPS) is 5.25. The molecular formula is C4H7NOS2. The smallest absolute Gasteiger partial charge is 0.209 e. The van der Waals surface area contributed by atoms with Gasteiger partial charge in [0.2, 0.25) is 6.41 Å². The second-order valence-electron chi connectivity index (χ2n) is 1.15. The molecule has 0 aromatic rings. The zero-order valence-electron chi connectivity index (χ0n) is 4.75. The summed E-state index contributed by atoms with van der Waals surface area (Å²) < 4.78 is 1.92. The second-order valence-corrected chi connectivity index (χ2v) is 1.82. The van der Waals surface area contributed by atoms with Gasteiger partial charge in [0.1, 0.15) is 0 Å². The van der Waals surface area contributed by atoms with Crippen LogP contribution in [0.3, 0.4) is 0 Å².